The number of para-hydroxylation sites is 1. The summed E-state index contributed by atoms with van der Waals surface area (Å²) >= 11 is 0. The van der Waals surface area contributed by atoms with Crippen LogP contribution < -0.4 is 0 Å². The van der Waals surface area contributed by atoms with Crippen LogP contribution in [-0.2, 0) is 7.05 Å². The average Bonchev–Trinajstić information content (AvgIpc) is 2.90. The average molecular weight is 207 g/mol. The van der Waals surface area contributed by atoms with Crippen LogP contribution in [0.2, 0.25) is 0 Å². The summed E-state index contributed by atoms with van der Waals surface area (Å²) in [6.45, 7) is 0. The summed E-state index contributed by atoms with van der Waals surface area (Å²) in [5, 5.41) is 1.29. The van der Waals surface area contributed by atoms with Gasteiger partial charge in [0.2, 0.25) is 0 Å². The minimum Gasteiger partial charge on any atom is -0.344 e. The molecule has 0 saturated heterocycles. The lowest BCUT2D eigenvalue weighted by atomic mass is 10.2. The molecule has 0 spiro atoms. The van der Waals surface area contributed by atoms with Crippen molar-refractivity contribution in [3.8, 4) is 0 Å². The van der Waals surface area contributed by atoms with Crippen molar-refractivity contribution in [2.75, 3.05) is 0 Å². The SMILES string of the molecule is Cn1c(C=C2C=CC=C2)cc2ccccc21. The first-order chi connectivity index (χ1) is 7.84. The third-order valence-corrected chi connectivity index (χ3v) is 2.99. The van der Waals surface area contributed by atoms with E-state index in [9.17, 15) is 0 Å². The summed E-state index contributed by atoms with van der Waals surface area (Å²) in [5.41, 5.74) is 3.78. The number of allylic oxidation sites excluding steroid dienone is 5. The molecule has 16 heavy (non-hydrogen) atoms. The van der Waals surface area contributed by atoms with Crippen LogP contribution in [0, 0.1) is 0 Å². The molecule has 0 saturated carbocycles. The van der Waals surface area contributed by atoms with Crippen LogP contribution in [-0.4, -0.2) is 4.57 Å². The minimum absolute atomic E-state index is 1.24. The predicted octanol–water partition coefficient (Wildman–Crippen LogP) is 3.69. The summed E-state index contributed by atoms with van der Waals surface area (Å²) in [6.07, 6.45) is 10.6. The fourth-order valence-corrected chi connectivity index (χ4v) is 2.10. The molecule has 1 nitrogen and oxygen atoms in total. The molecule has 0 amide bonds. The van der Waals surface area contributed by atoms with Gasteiger partial charge in [0, 0.05) is 23.6 Å². The maximum absolute atomic E-state index is 2.22. The van der Waals surface area contributed by atoms with E-state index in [0.29, 0.717) is 0 Å². The highest BCUT2D eigenvalue weighted by Gasteiger charge is 2.03. The Morgan fingerprint density at radius 1 is 1.06 bits per heavy atom. The molecule has 0 atom stereocenters. The molecule has 2 aromatic rings. The van der Waals surface area contributed by atoms with E-state index in [1.807, 2.05) is 0 Å². The molecule has 0 unspecified atom stereocenters. The van der Waals surface area contributed by atoms with Crippen molar-refractivity contribution in [1.82, 2.24) is 4.57 Å². The van der Waals surface area contributed by atoms with E-state index in [2.05, 4.69) is 72.3 Å². The van der Waals surface area contributed by atoms with Gasteiger partial charge in [-0.25, -0.2) is 0 Å². The van der Waals surface area contributed by atoms with Crippen molar-refractivity contribution in [1.29, 1.82) is 0 Å². The van der Waals surface area contributed by atoms with Crippen LogP contribution >= 0.6 is 0 Å². The Balaban J connectivity index is 2.17. The molecule has 1 aliphatic rings. The minimum atomic E-state index is 1.24. The Kier molecular flexibility index (Phi) is 2.03. The fourth-order valence-electron chi connectivity index (χ4n) is 2.10. The van der Waals surface area contributed by atoms with E-state index in [-0.39, 0.29) is 0 Å². The molecule has 0 N–H and O–H groups in total. The van der Waals surface area contributed by atoms with Crippen molar-refractivity contribution in [2.45, 2.75) is 0 Å². The van der Waals surface area contributed by atoms with Gasteiger partial charge in [-0.15, -0.1) is 0 Å². The molecule has 1 aromatic carbocycles. The van der Waals surface area contributed by atoms with E-state index < -0.39 is 0 Å². The molecule has 0 bridgehead atoms. The van der Waals surface area contributed by atoms with Gasteiger partial charge in [0.1, 0.15) is 0 Å². The highest BCUT2D eigenvalue weighted by molar-refractivity contribution is 5.84. The first-order valence-electron chi connectivity index (χ1n) is 5.45. The third-order valence-electron chi connectivity index (χ3n) is 2.99. The normalized spacial score (nSPS) is 13.9. The zero-order valence-electron chi connectivity index (χ0n) is 9.22. The number of rotatable bonds is 1. The predicted molar refractivity (Wildman–Crippen MR) is 69.2 cm³/mol. The standard InChI is InChI=1S/C15H13N/c1-16-14(10-12-6-2-3-7-12)11-13-8-4-5-9-15(13)16/h2-11H,1H3. The fraction of sp³-hybridized carbons (Fsp3) is 0.0667. The van der Waals surface area contributed by atoms with Crippen molar-refractivity contribution < 1.29 is 0 Å². The van der Waals surface area contributed by atoms with Crippen LogP contribution in [0.25, 0.3) is 17.0 Å². The van der Waals surface area contributed by atoms with Gasteiger partial charge in [0.15, 0.2) is 0 Å². The zero-order chi connectivity index (χ0) is 11.0. The van der Waals surface area contributed by atoms with E-state index in [4.69, 9.17) is 0 Å². The van der Waals surface area contributed by atoms with Gasteiger partial charge in [0.25, 0.3) is 0 Å². The lowest BCUT2D eigenvalue weighted by Gasteiger charge is -1.99. The summed E-state index contributed by atoms with van der Waals surface area (Å²) in [6, 6.07) is 10.7. The monoisotopic (exact) mass is 207 g/mol. The molecular formula is C15H13N. The number of hydrogen-bond donors (Lipinski definition) is 0. The van der Waals surface area contributed by atoms with Crippen molar-refractivity contribution in [2.24, 2.45) is 7.05 Å². The highest BCUT2D eigenvalue weighted by Crippen LogP contribution is 2.21. The van der Waals surface area contributed by atoms with Crippen molar-refractivity contribution in [3.05, 3.63) is 65.9 Å². The van der Waals surface area contributed by atoms with Crippen LogP contribution in [0.3, 0.4) is 0 Å². The molecule has 0 radical (unpaired) electrons. The van der Waals surface area contributed by atoms with Crippen LogP contribution in [0.15, 0.2) is 60.2 Å². The number of nitrogens with zero attached hydrogens (tertiary/aromatic N) is 1. The molecule has 0 aliphatic heterocycles. The van der Waals surface area contributed by atoms with Gasteiger partial charge < -0.3 is 4.57 Å². The van der Waals surface area contributed by atoms with Gasteiger partial charge in [-0.1, -0.05) is 42.5 Å². The molecule has 1 aliphatic carbocycles. The molecule has 1 aromatic heterocycles. The van der Waals surface area contributed by atoms with Gasteiger partial charge in [-0.2, -0.15) is 0 Å². The van der Waals surface area contributed by atoms with Gasteiger partial charge >= 0.3 is 0 Å². The summed E-state index contributed by atoms with van der Waals surface area (Å²) in [5.74, 6) is 0. The molecular weight excluding hydrogens is 194 g/mol. The lowest BCUT2D eigenvalue weighted by molar-refractivity contribution is 0.954. The smallest absolute Gasteiger partial charge is 0.0482 e. The van der Waals surface area contributed by atoms with Crippen molar-refractivity contribution in [3.63, 3.8) is 0 Å². The quantitative estimate of drug-likeness (QED) is 0.672. The Labute approximate surface area is 95.0 Å². The Hall–Kier alpha value is -2.02. The zero-order valence-corrected chi connectivity index (χ0v) is 9.22. The molecule has 0 fully saturated rings. The summed E-state index contributed by atoms with van der Waals surface area (Å²) in [4.78, 5) is 0. The maximum Gasteiger partial charge on any atom is 0.0482 e. The number of hydrogen-bond acceptors (Lipinski definition) is 0. The van der Waals surface area contributed by atoms with Crippen molar-refractivity contribution >= 4 is 17.0 Å². The lowest BCUT2D eigenvalue weighted by Crippen LogP contribution is -1.89. The number of fused-ring (bicyclic) bond motifs is 1. The number of benzene rings is 1. The Bertz CT molecular complexity index is 610. The Morgan fingerprint density at radius 2 is 1.81 bits per heavy atom. The van der Waals surface area contributed by atoms with E-state index >= 15 is 0 Å². The van der Waals surface area contributed by atoms with E-state index in [0.717, 1.165) is 0 Å². The second-order valence-electron chi connectivity index (χ2n) is 4.05. The highest BCUT2D eigenvalue weighted by atomic mass is 14.9. The van der Waals surface area contributed by atoms with Crippen LogP contribution in [0.5, 0.6) is 0 Å². The topological polar surface area (TPSA) is 4.93 Å². The van der Waals surface area contributed by atoms with E-state index in [1.165, 1.54) is 22.2 Å². The molecule has 78 valence electrons. The second-order valence-corrected chi connectivity index (χ2v) is 4.05. The number of aromatic nitrogens is 1. The number of aryl methyl sites for hydroxylation is 1. The second kappa shape index (κ2) is 3.53. The molecule has 1 heteroatoms. The largest absolute Gasteiger partial charge is 0.344 e. The summed E-state index contributed by atoms with van der Waals surface area (Å²) < 4.78 is 2.22. The van der Waals surface area contributed by atoms with Gasteiger partial charge in [-0.05, 0) is 23.8 Å². The Morgan fingerprint density at radius 3 is 2.56 bits per heavy atom. The third kappa shape index (κ3) is 1.41. The summed E-state index contributed by atoms with van der Waals surface area (Å²) in [7, 11) is 2.11. The van der Waals surface area contributed by atoms with Crippen LogP contribution in [0.1, 0.15) is 5.69 Å². The first kappa shape index (κ1) is 9.22. The van der Waals surface area contributed by atoms with Gasteiger partial charge in [0.05, 0.1) is 0 Å². The molecule has 1 heterocycles. The first-order valence-corrected chi connectivity index (χ1v) is 5.45. The van der Waals surface area contributed by atoms with Crippen LogP contribution in [0.4, 0.5) is 0 Å². The molecule has 3 rings (SSSR count). The maximum atomic E-state index is 2.22. The van der Waals surface area contributed by atoms with E-state index in [1.54, 1.807) is 0 Å². The van der Waals surface area contributed by atoms with Gasteiger partial charge in [-0.3, -0.25) is 0 Å².